The van der Waals surface area contributed by atoms with Crippen LogP contribution in [0.3, 0.4) is 0 Å². The molecule has 0 saturated carbocycles. The van der Waals surface area contributed by atoms with E-state index in [4.69, 9.17) is 9.47 Å². The first kappa shape index (κ1) is 24.7. The Kier molecular flexibility index (Phi) is 7.12. The second kappa shape index (κ2) is 10.1. The molecule has 1 fully saturated rings. The van der Waals surface area contributed by atoms with Crippen LogP contribution in [0, 0.1) is 5.92 Å². The normalized spacial score (nSPS) is 21.8. The summed E-state index contributed by atoms with van der Waals surface area (Å²) in [6, 6.07) is 16.3. The van der Waals surface area contributed by atoms with E-state index in [1.54, 1.807) is 6.92 Å². The predicted octanol–water partition coefficient (Wildman–Crippen LogP) is 3.64. The van der Waals surface area contributed by atoms with Crippen molar-refractivity contribution in [3.8, 4) is 11.1 Å². The number of ether oxygens (including phenoxy) is 2. The molecule has 1 saturated heterocycles. The molecule has 35 heavy (non-hydrogen) atoms. The molecular formula is C27H32N2O6. The number of carboxylic acid groups (broad SMARTS) is 1. The lowest BCUT2D eigenvalue weighted by Crippen LogP contribution is -2.51. The van der Waals surface area contributed by atoms with Crippen molar-refractivity contribution >= 4 is 18.0 Å². The number of methoxy groups -OCH3 is 1. The molecule has 1 aliphatic heterocycles. The number of nitrogens with zero attached hydrogens (tertiary/aromatic N) is 1. The van der Waals surface area contributed by atoms with E-state index in [0.29, 0.717) is 0 Å². The van der Waals surface area contributed by atoms with E-state index < -0.39 is 17.6 Å². The number of benzene rings is 2. The lowest BCUT2D eigenvalue weighted by atomic mass is 9.97. The van der Waals surface area contributed by atoms with Gasteiger partial charge >= 0.3 is 12.1 Å². The number of hydrogen-bond donors (Lipinski definition) is 2. The molecule has 0 spiro atoms. The molecular weight excluding hydrogens is 448 g/mol. The van der Waals surface area contributed by atoms with Crippen LogP contribution in [0.4, 0.5) is 4.79 Å². The van der Waals surface area contributed by atoms with Crippen LogP contribution in [-0.2, 0) is 19.1 Å². The van der Waals surface area contributed by atoms with E-state index in [1.165, 1.54) is 12.0 Å². The number of aliphatic carboxylic acids is 1. The number of hydrogen-bond acceptors (Lipinski definition) is 5. The molecule has 8 nitrogen and oxygen atoms in total. The molecule has 2 aromatic carbocycles. The van der Waals surface area contributed by atoms with Crippen LogP contribution < -0.4 is 5.32 Å². The third-order valence-corrected chi connectivity index (χ3v) is 7.16. The zero-order valence-electron chi connectivity index (χ0n) is 20.3. The number of carbonyl (C=O) groups is 3. The first-order chi connectivity index (χ1) is 16.7. The number of likely N-dealkylation sites (tertiary alicyclic amines) is 1. The summed E-state index contributed by atoms with van der Waals surface area (Å²) in [5, 5.41) is 12.4. The fraction of sp³-hybridized carbons (Fsp3) is 0.444. The Labute approximate surface area is 205 Å². The minimum Gasteiger partial charge on any atom is -0.480 e. The van der Waals surface area contributed by atoms with Gasteiger partial charge in [0.25, 0.3) is 0 Å². The maximum absolute atomic E-state index is 12.9. The standard InChI is InChI=1S/C27H32N2O6/c1-17(12-24(30)29-15-18(34-3)13-27(29,2)25(31)32)14-28-26(33)35-16-23-21-10-6-4-8-19(21)20-9-5-7-11-22(20)23/h4-11,17-18,23H,12-16H2,1-3H3,(H,28,33)(H,31,32). The van der Waals surface area contributed by atoms with Gasteiger partial charge in [0.1, 0.15) is 12.1 Å². The monoisotopic (exact) mass is 480 g/mol. The third kappa shape index (κ3) is 4.89. The van der Waals surface area contributed by atoms with E-state index in [9.17, 15) is 19.5 Å². The van der Waals surface area contributed by atoms with Gasteiger partial charge in [0.05, 0.1) is 6.10 Å². The number of rotatable bonds is 8. The van der Waals surface area contributed by atoms with Crippen LogP contribution in [0.2, 0.25) is 0 Å². The Bertz CT molecular complexity index is 1070. The average Bonchev–Trinajstić information content (AvgIpc) is 3.37. The quantitative estimate of drug-likeness (QED) is 0.598. The van der Waals surface area contributed by atoms with Gasteiger partial charge in [0.2, 0.25) is 5.91 Å². The van der Waals surface area contributed by atoms with Gasteiger partial charge in [0, 0.05) is 39.0 Å². The summed E-state index contributed by atoms with van der Waals surface area (Å²) < 4.78 is 10.9. The molecule has 1 heterocycles. The fourth-order valence-corrected chi connectivity index (χ4v) is 5.15. The Morgan fingerprint density at radius 3 is 2.29 bits per heavy atom. The Hall–Kier alpha value is -3.39. The predicted molar refractivity (Wildman–Crippen MR) is 130 cm³/mol. The van der Waals surface area contributed by atoms with Crippen LogP contribution >= 0.6 is 0 Å². The molecule has 8 heteroatoms. The zero-order chi connectivity index (χ0) is 25.2. The van der Waals surface area contributed by atoms with Gasteiger partial charge in [0.15, 0.2) is 0 Å². The molecule has 0 radical (unpaired) electrons. The van der Waals surface area contributed by atoms with Crippen molar-refractivity contribution in [3.63, 3.8) is 0 Å². The largest absolute Gasteiger partial charge is 0.480 e. The van der Waals surface area contributed by atoms with Crippen molar-refractivity contribution < 1.29 is 29.0 Å². The summed E-state index contributed by atoms with van der Waals surface area (Å²) in [5.74, 6) is -1.53. The second-order valence-electron chi connectivity index (χ2n) is 9.66. The Morgan fingerprint density at radius 2 is 1.71 bits per heavy atom. The summed E-state index contributed by atoms with van der Waals surface area (Å²) in [6.07, 6.45) is -0.489. The van der Waals surface area contributed by atoms with Gasteiger partial charge in [-0.25, -0.2) is 9.59 Å². The molecule has 4 rings (SSSR count). The van der Waals surface area contributed by atoms with E-state index >= 15 is 0 Å². The van der Waals surface area contributed by atoms with Gasteiger partial charge in [-0.3, -0.25) is 4.79 Å². The minimum atomic E-state index is -1.29. The summed E-state index contributed by atoms with van der Waals surface area (Å²) >= 11 is 0. The molecule has 0 bridgehead atoms. The molecule has 3 unspecified atom stereocenters. The highest BCUT2D eigenvalue weighted by Gasteiger charge is 2.50. The summed E-state index contributed by atoms with van der Waals surface area (Å²) in [6.45, 7) is 4.09. The van der Waals surface area contributed by atoms with E-state index in [2.05, 4.69) is 29.6 Å². The van der Waals surface area contributed by atoms with Crippen LogP contribution in [0.25, 0.3) is 11.1 Å². The summed E-state index contributed by atoms with van der Waals surface area (Å²) in [5.41, 5.74) is 3.31. The van der Waals surface area contributed by atoms with Gasteiger partial charge in [-0.15, -0.1) is 0 Å². The second-order valence-corrected chi connectivity index (χ2v) is 9.66. The number of fused-ring (bicyclic) bond motifs is 3. The van der Waals surface area contributed by atoms with E-state index in [-0.39, 0.29) is 56.4 Å². The maximum Gasteiger partial charge on any atom is 0.407 e. The van der Waals surface area contributed by atoms with Gasteiger partial charge < -0.3 is 24.8 Å². The molecule has 0 aromatic heterocycles. The van der Waals surface area contributed by atoms with Crippen LogP contribution in [0.5, 0.6) is 0 Å². The zero-order valence-corrected chi connectivity index (χ0v) is 20.3. The van der Waals surface area contributed by atoms with Crippen LogP contribution in [0.15, 0.2) is 48.5 Å². The van der Waals surface area contributed by atoms with Crippen molar-refractivity contribution in [2.75, 3.05) is 26.8 Å². The first-order valence-corrected chi connectivity index (χ1v) is 11.9. The Balaban J connectivity index is 1.29. The van der Waals surface area contributed by atoms with E-state index in [0.717, 1.165) is 22.3 Å². The van der Waals surface area contributed by atoms with Crippen molar-refractivity contribution in [3.05, 3.63) is 59.7 Å². The van der Waals surface area contributed by atoms with E-state index in [1.807, 2.05) is 31.2 Å². The SMILES string of the molecule is COC1CN(C(=O)CC(C)CNC(=O)OCC2c3ccccc3-c3ccccc32)C(C)(C(=O)O)C1. The van der Waals surface area contributed by atoms with Gasteiger partial charge in [-0.2, -0.15) is 0 Å². The highest BCUT2D eigenvalue weighted by Crippen LogP contribution is 2.44. The van der Waals surface area contributed by atoms with Crippen LogP contribution in [0.1, 0.15) is 43.7 Å². The van der Waals surface area contributed by atoms with Crippen molar-refractivity contribution in [2.45, 2.75) is 44.2 Å². The summed E-state index contributed by atoms with van der Waals surface area (Å²) in [4.78, 5) is 38.5. The lowest BCUT2D eigenvalue weighted by molar-refractivity contribution is -0.155. The molecule has 2 aromatic rings. The smallest absolute Gasteiger partial charge is 0.407 e. The van der Waals surface area contributed by atoms with Gasteiger partial charge in [-0.05, 0) is 35.1 Å². The van der Waals surface area contributed by atoms with Crippen molar-refractivity contribution in [2.24, 2.45) is 5.92 Å². The number of amides is 2. The molecule has 3 atom stereocenters. The topological polar surface area (TPSA) is 105 Å². The molecule has 1 aliphatic carbocycles. The minimum absolute atomic E-state index is 0.0234. The highest BCUT2D eigenvalue weighted by molar-refractivity contribution is 5.87. The van der Waals surface area contributed by atoms with Crippen molar-refractivity contribution in [1.29, 1.82) is 0 Å². The third-order valence-electron chi connectivity index (χ3n) is 7.16. The van der Waals surface area contributed by atoms with Crippen LogP contribution in [-0.4, -0.2) is 66.4 Å². The Morgan fingerprint density at radius 1 is 1.11 bits per heavy atom. The van der Waals surface area contributed by atoms with Crippen molar-refractivity contribution in [1.82, 2.24) is 10.2 Å². The number of carboxylic acids is 1. The number of alkyl carbamates (subject to hydrolysis) is 1. The lowest BCUT2D eigenvalue weighted by Gasteiger charge is -2.31. The van der Waals surface area contributed by atoms with Gasteiger partial charge in [-0.1, -0.05) is 55.5 Å². The molecule has 2 aliphatic rings. The fourth-order valence-electron chi connectivity index (χ4n) is 5.15. The average molecular weight is 481 g/mol. The molecule has 186 valence electrons. The summed E-state index contributed by atoms with van der Waals surface area (Å²) in [7, 11) is 1.52. The number of nitrogens with one attached hydrogen (secondary N) is 1. The maximum atomic E-state index is 12.9. The molecule has 2 N–H and O–H groups in total. The highest BCUT2D eigenvalue weighted by atomic mass is 16.5. The first-order valence-electron chi connectivity index (χ1n) is 11.9. The number of carbonyl (C=O) groups excluding carboxylic acids is 2. The molecule has 2 amide bonds.